The van der Waals surface area contributed by atoms with E-state index in [0.717, 1.165) is 39.3 Å². The number of aromatic nitrogens is 2. The Labute approximate surface area is 184 Å². The molecule has 0 aliphatic carbocycles. The molecule has 2 heterocycles. The smallest absolute Gasteiger partial charge is 0.230 e. The minimum Gasteiger partial charge on any atom is -0.493 e. The van der Waals surface area contributed by atoms with Crippen LogP contribution in [0.4, 0.5) is 10.8 Å². The zero-order valence-electron chi connectivity index (χ0n) is 17.0. The van der Waals surface area contributed by atoms with Gasteiger partial charge in [0, 0.05) is 17.7 Å². The van der Waals surface area contributed by atoms with E-state index in [4.69, 9.17) is 4.74 Å². The summed E-state index contributed by atoms with van der Waals surface area (Å²) in [6.45, 7) is 4.83. The van der Waals surface area contributed by atoms with Crippen molar-refractivity contribution in [2.75, 3.05) is 17.7 Å². The standard InChI is InChI=1S/C22H24N4O2S2/c1-3-15-8-6-7-14(2)20(15)24-21-25-26-22(30-21)29-13-19(27)23-17-11-12-28-18-10-5-4-9-16(17)18/h4-10,17H,3,11-13H2,1-2H3,(H,23,27)(H,24,25). The van der Waals surface area contributed by atoms with Crippen molar-refractivity contribution in [3.8, 4) is 5.75 Å². The third-order valence-electron chi connectivity index (χ3n) is 5.00. The number of aryl methyl sites for hydroxylation is 2. The van der Waals surface area contributed by atoms with Crippen molar-refractivity contribution in [2.24, 2.45) is 0 Å². The average molecular weight is 441 g/mol. The fourth-order valence-corrected chi connectivity index (χ4v) is 5.05. The number of rotatable bonds is 7. The van der Waals surface area contributed by atoms with Gasteiger partial charge < -0.3 is 15.4 Å². The van der Waals surface area contributed by atoms with Crippen LogP contribution in [0.1, 0.15) is 36.1 Å². The van der Waals surface area contributed by atoms with Crippen LogP contribution in [0.15, 0.2) is 46.8 Å². The van der Waals surface area contributed by atoms with E-state index in [9.17, 15) is 4.79 Å². The Morgan fingerprint density at radius 3 is 2.97 bits per heavy atom. The molecule has 30 heavy (non-hydrogen) atoms. The Morgan fingerprint density at radius 2 is 2.10 bits per heavy atom. The first-order valence-electron chi connectivity index (χ1n) is 9.97. The van der Waals surface area contributed by atoms with Crippen LogP contribution < -0.4 is 15.4 Å². The molecule has 8 heteroatoms. The Bertz CT molecular complexity index is 1040. The van der Waals surface area contributed by atoms with Crippen LogP contribution in [0.2, 0.25) is 0 Å². The van der Waals surface area contributed by atoms with E-state index in [-0.39, 0.29) is 11.9 Å². The fourth-order valence-electron chi connectivity index (χ4n) is 3.48. The molecule has 0 spiro atoms. The second kappa shape index (κ2) is 9.49. The third kappa shape index (κ3) is 4.76. The zero-order valence-corrected chi connectivity index (χ0v) is 18.6. The Hall–Kier alpha value is -2.58. The topological polar surface area (TPSA) is 76.1 Å². The number of hydrogen-bond acceptors (Lipinski definition) is 7. The minimum atomic E-state index is -0.0152. The number of carbonyl (C=O) groups excluding carboxylic acids is 1. The molecular formula is C22H24N4O2S2. The summed E-state index contributed by atoms with van der Waals surface area (Å²) in [6.07, 6.45) is 1.72. The average Bonchev–Trinajstić information content (AvgIpc) is 3.21. The number of ether oxygens (including phenoxy) is 1. The number of para-hydroxylation sites is 2. The molecule has 1 atom stereocenters. The number of anilines is 2. The Kier molecular flexibility index (Phi) is 6.54. The summed E-state index contributed by atoms with van der Waals surface area (Å²) >= 11 is 2.87. The number of nitrogens with one attached hydrogen (secondary N) is 2. The summed E-state index contributed by atoms with van der Waals surface area (Å²) in [6, 6.07) is 14.1. The van der Waals surface area contributed by atoms with Gasteiger partial charge in [-0.25, -0.2) is 0 Å². The van der Waals surface area contributed by atoms with Crippen LogP contribution in [0, 0.1) is 6.92 Å². The monoisotopic (exact) mass is 440 g/mol. The van der Waals surface area contributed by atoms with Crippen molar-refractivity contribution in [3.63, 3.8) is 0 Å². The van der Waals surface area contributed by atoms with Crippen LogP contribution in [-0.2, 0) is 11.2 Å². The van der Waals surface area contributed by atoms with Crippen LogP contribution in [0.3, 0.4) is 0 Å². The molecule has 0 saturated carbocycles. The SMILES string of the molecule is CCc1cccc(C)c1Nc1nnc(SCC(=O)NC2CCOc3ccccc32)s1. The van der Waals surface area contributed by atoms with Gasteiger partial charge in [-0.3, -0.25) is 4.79 Å². The molecule has 6 nitrogen and oxygen atoms in total. The van der Waals surface area contributed by atoms with Gasteiger partial charge in [-0.05, 0) is 30.5 Å². The highest BCUT2D eigenvalue weighted by atomic mass is 32.2. The highest BCUT2D eigenvalue weighted by Gasteiger charge is 2.22. The van der Waals surface area contributed by atoms with Gasteiger partial charge in [-0.15, -0.1) is 10.2 Å². The van der Waals surface area contributed by atoms with Gasteiger partial charge in [-0.1, -0.05) is 66.4 Å². The second-order valence-corrected chi connectivity index (χ2v) is 9.24. The van der Waals surface area contributed by atoms with E-state index >= 15 is 0 Å². The normalized spacial score (nSPS) is 15.2. The summed E-state index contributed by atoms with van der Waals surface area (Å²) in [4.78, 5) is 12.5. The number of carbonyl (C=O) groups is 1. The lowest BCUT2D eigenvalue weighted by molar-refractivity contribution is -0.119. The van der Waals surface area contributed by atoms with Gasteiger partial charge >= 0.3 is 0 Å². The van der Waals surface area contributed by atoms with Gasteiger partial charge in [0.15, 0.2) is 4.34 Å². The van der Waals surface area contributed by atoms with E-state index in [2.05, 4.69) is 52.9 Å². The molecule has 1 aromatic heterocycles. The number of benzene rings is 2. The number of nitrogens with zero attached hydrogens (tertiary/aromatic N) is 2. The molecule has 0 fully saturated rings. The molecule has 0 radical (unpaired) electrons. The summed E-state index contributed by atoms with van der Waals surface area (Å²) in [5, 5.41) is 15.7. The first kappa shape index (κ1) is 20.7. The van der Waals surface area contributed by atoms with E-state index in [1.807, 2.05) is 24.3 Å². The van der Waals surface area contributed by atoms with Crippen molar-refractivity contribution in [1.29, 1.82) is 0 Å². The molecule has 1 aliphatic heterocycles. The van der Waals surface area contributed by atoms with Gasteiger partial charge in [0.1, 0.15) is 5.75 Å². The molecule has 2 N–H and O–H groups in total. The number of thioether (sulfide) groups is 1. The highest BCUT2D eigenvalue weighted by molar-refractivity contribution is 8.01. The highest BCUT2D eigenvalue weighted by Crippen LogP contribution is 2.33. The van der Waals surface area contributed by atoms with Crippen molar-refractivity contribution in [1.82, 2.24) is 15.5 Å². The third-order valence-corrected chi connectivity index (χ3v) is 6.97. The molecule has 0 saturated heterocycles. The molecule has 1 amide bonds. The van der Waals surface area contributed by atoms with Crippen molar-refractivity contribution in [2.45, 2.75) is 37.1 Å². The summed E-state index contributed by atoms with van der Waals surface area (Å²) < 4.78 is 6.43. The van der Waals surface area contributed by atoms with Crippen molar-refractivity contribution in [3.05, 3.63) is 59.2 Å². The Balaban J connectivity index is 1.34. The number of amides is 1. The van der Waals surface area contributed by atoms with Crippen LogP contribution >= 0.6 is 23.1 Å². The van der Waals surface area contributed by atoms with Crippen LogP contribution in [0.5, 0.6) is 5.75 Å². The molecule has 1 aliphatic rings. The summed E-state index contributed by atoms with van der Waals surface area (Å²) in [5.41, 5.74) is 4.54. The maximum absolute atomic E-state index is 12.5. The lowest BCUT2D eigenvalue weighted by atomic mass is 10.0. The van der Waals surface area contributed by atoms with Crippen molar-refractivity contribution >= 4 is 39.8 Å². The zero-order chi connectivity index (χ0) is 20.9. The first-order valence-corrected chi connectivity index (χ1v) is 11.8. The van der Waals surface area contributed by atoms with E-state index in [0.29, 0.717) is 12.4 Å². The summed E-state index contributed by atoms with van der Waals surface area (Å²) in [7, 11) is 0. The predicted molar refractivity (Wildman–Crippen MR) is 122 cm³/mol. The number of hydrogen-bond donors (Lipinski definition) is 2. The van der Waals surface area contributed by atoms with E-state index in [1.54, 1.807) is 0 Å². The molecule has 2 aromatic carbocycles. The van der Waals surface area contributed by atoms with E-state index < -0.39 is 0 Å². The maximum atomic E-state index is 12.5. The van der Waals surface area contributed by atoms with Crippen LogP contribution in [0.25, 0.3) is 0 Å². The molecular weight excluding hydrogens is 416 g/mol. The lowest BCUT2D eigenvalue weighted by Crippen LogP contribution is -2.33. The molecule has 156 valence electrons. The summed E-state index contributed by atoms with van der Waals surface area (Å²) in [5.74, 6) is 1.14. The molecule has 0 bridgehead atoms. The molecule has 4 rings (SSSR count). The van der Waals surface area contributed by atoms with Gasteiger partial charge in [-0.2, -0.15) is 0 Å². The molecule has 1 unspecified atom stereocenters. The van der Waals surface area contributed by atoms with Crippen molar-refractivity contribution < 1.29 is 9.53 Å². The quantitative estimate of drug-likeness (QED) is 0.510. The minimum absolute atomic E-state index is 0.0109. The Morgan fingerprint density at radius 1 is 1.23 bits per heavy atom. The fraction of sp³-hybridized carbons (Fsp3) is 0.318. The second-order valence-electron chi connectivity index (χ2n) is 7.04. The maximum Gasteiger partial charge on any atom is 0.230 e. The van der Waals surface area contributed by atoms with Crippen LogP contribution in [-0.4, -0.2) is 28.5 Å². The predicted octanol–water partition coefficient (Wildman–Crippen LogP) is 4.88. The van der Waals surface area contributed by atoms with E-state index in [1.165, 1.54) is 34.2 Å². The largest absolute Gasteiger partial charge is 0.493 e. The number of fused-ring (bicyclic) bond motifs is 1. The molecule has 3 aromatic rings. The first-order chi connectivity index (χ1) is 14.6. The van der Waals surface area contributed by atoms with Gasteiger partial charge in [0.25, 0.3) is 0 Å². The lowest BCUT2D eigenvalue weighted by Gasteiger charge is -2.26. The van der Waals surface area contributed by atoms with Gasteiger partial charge in [0.2, 0.25) is 11.0 Å². The van der Waals surface area contributed by atoms with Gasteiger partial charge in [0.05, 0.1) is 18.4 Å².